The van der Waals surface area contributed by atoms with E-state index in [9.17, 15) is 21.6 Å². The molecule has 2 aromatic carbocycles. The molecule has 3 aromatic rings. The van der Waals surface area contributed by atoms with Crippen LogP contribution < -0.4 is 4.18 Å². The zero-order valence-corrected chi connectivity index (χ0v) is 18.3. The van der Waals surface area contributed by atoms with Crippen molar-refractivity contribution in [2.75, 3.05) is 0 Å². The number of nitrogens with zero attached hydrogens (tertiary/aromatic N) is 2. The average Bonchev–Trinajstić information content (AvgIpc) is 2.77. The van der Waals surface area contributed by atoms with Gasteiger partial charge in [-0.05, 0) is 29.5 Å². The Morgan fingerprint density at radius 2 is 1.34 bits per heavy atom. The summed E-state index contributed by atoms with van der Waals surface area (Å²) in [5.74, 6) is -0.381. The number of hydrogen-bond donors (Lipinski definition) is 0. The second kappa shape index (κ2) is 10.1. The van der Waals surface area contributed by atoms with Crippen molar-refractivity contribution < 1.29 is 25.8 Å². The summed E-state index contributed by atoms with van der Waals surface area (Å²) in [6, 6.07) is 15.8. The van der Waals surface area contributed by atoms with E-state index in [0.717, 1.165) is 29.9 Å². The summed E-state index contributed by atoms with van der Waals surface area (Å²) >= 11 is 0. The molecule has 0 aliphatic carbocycles. The van der Waals surface area contributed by atoms with Crippen molar-refractivity contribution in [3.05, 3.63) is 66.5 Å². The fraction of sp³-hybridized carbons (Fsp3) is 0.304. The fourth-order valence-corrected chi connectivity index (χ4v) is 3.55. The van der Waals surface area contributed by atoms with Crippen molar-refractivity contribution in [3.8, 4) is 28.3 Å². The second-order valence-corrected chi connectivity index (χ2v) is 8.85. The summed E-state index contributed by atoms with van der Waals surface area (Å²) < 4.78 is 63.3. The number of rotatable bonds is 9. The van der Waals surface area contributed by atoms with Crippen LogP contribution in [0.3, 0.4) is 0 Å². The Kier molecular flexibility index (Phi) is 7.50. The Morgan fingerprint density at radius 1 is 0.812 bits per heavy atom. The fourth-order valence-electron chi connectivity index (χ4n) is 3.11. The van der Waals surface area contributed by atoms with Crippen molar-refractivity contribution in [2.24, 2.45) is 0 Å². The molecule has 0 aliphatic rings. The molecule has 32 heavy (non-hydrogen) atoms. The maximum absolute atomic E-state index is 12.4. The van der Waals surface area contributed by atoms with Crippen molar-refractivity contribution in [2.45, 2.75) is 44.5 Å². The normalized spacial score (nSPS) is 12.0. The van der Waals surface area contributed by atoms with Gasteiger partial charge in [0, 0.05) is 5.56 Å². The number of aromatic nitrogens is 2. The molecule has 3 rings (SSSR count). The summed E-state index contributed by atoms with van der Waals surface area (Å²) in [5, 5.41) is 0. The Labute approximate surface area is 185 Å². The van der Waals surface area contributed by atoms with E-state index in [1.54, 1.807) is 12.1 Å². The molecule has 9 heteroatoms. The van der Waals surface area contributed by atoms with E-state index in [2.05, 4.69) is 45.3 Å². The minimum atomic E-state index is -5.76. The molecule has 0 radical (unpaired) electrons. The van der Waals surface area contributed by atoms with Gasteiger partial charge in [-0.1, -0.05) is 74.7 Å². The van der Waals surface area contributed by atoms with Crippen LogP contribution in [0.4, 0.5) is 13.2 Å². The predicted octanol–water partition coefficient (Wildman–Crippen LogP) is 6.16. The van der Waals surface area contributed by atoms with Gasteiger partial charge in [-0.25, -0.2) is 9.97 Å². The second-order valence-electron chi connectivity index (χ2n) is 7.31. The molecule has 0 saturated heterocycles. The first-order valence-corrected chi connectivity index (χ1v) is 11.6. The molecule has 1 heterocycles. The molecule has 0 N–H and O–H groups in total. The molecule has 170 valence electrons. The zero-order chi connectivity index (χ0) is 23.2. The molecule has 0 unspecified atom stereocenters. The lowest BCUT2D eigenvalue weighted by atomic mass is 10.00. The standard InChI is InChI=1S/C23H23F3N2O3S/c1-2-3-4-5-6-17-7-9-18(10-8-17)19-11-13-20(14-12-19)22-27-15-21(16-28-22)31-32(29,30)23(24,25)26/h7-16H,2-6H2,1H3. The number of halogens is 3. The molecular weight excluding hydrogens is 441 g/mol. The van der Waals surface area contributed by atoms with Gasteiger partial charge in [0.1, 0.15) is 0 Å². The van der Waals surface area contributed by atoms with Gasteiger partial charge in [0.15, 0.2) is 11.6 Å². The molecule has 0 fully saturated rings. The van der Waals surface area contributed by atoms with Gasteiger partial charge in [-0.2, -0.15) is 21.6 Å². The monoisotopic (exact) mass is 464 g/mol. The van der Waals surface area contributed by atoms with Crippen LogP contribution in [-0.2, 0) is 16.5 Å². The SMILES string of the molecule is CCCCCCc1ccc(-c2ccc(-c3ncc(OS(=O)(=O)C(F)(F)F)cn3)cc2)cc1. The van der Waals surface area contributed by atoms with Crippen LogP contribution in [0.2, 0.25) is 0 Å². The van der Waals surface area contributed by atoms with Crippen LogP contribution in [0, 0.1) is 0 Å². The van der Waals surface area contributed by atoms with Crippen LogP contribution in [0.25, 0.3) is 22.5 Å². The molecule has 0 spiro atoms. The third-order valence-corrected chi connectivity index (χ3v) is 5.85. The van der Waals surface area contributed by atoms with Gasteiger partial charge in [0.2, 0.25) is 0 Å². The highest BCUT2D eigenvalue weighted by Gasteiger charge is 2.48. The minimum Gasteiger partial charge on any atom is -0.373 e. The largest absolute Gasteiger partial charge is 0.534 e. The molecule has 0 amide bonds. The number of aryl methyl sites for hydroxylation is 1. The summed E-state index contributed by atoms with van der Waals surface area (Å²) in [5.41, 5.74) is -1.51. The predicted molar refractivity (Wildman–Crippen MR) is 116 cm³/mol. The first-order chi connectivity index (χ1) is 15.2. The Morgan fingerprint density at radius 3 is 1.88 bits per heavy atom. The van der Waals surface area contributed by atoms with E-state index in [1.165, 1.54) is 31.2 Å². The van der Waals surface area contributed by atoms with Gasteiger partial charge < -0.3 is 4.18 Å². The van der Waals surface area contributed by atoms with Crippen molar-refractivity contribution >= 4 is 10.1 Å². The van der Waals surface area contributed by atoms with E-state index in [-0.39, 0.29) is 5.82 Å². The Bertz CT molecular complexity index is 1110. The van der Waals surface area contributed by atoms with Gasteiger partial charge in [-0.3, -0.25) is 0 Å². The number of benzene rings is 2. The Hall–Kier alpha value is -2.94. The molecular formula is C23H23F3N2O3S. The number of alkyl halides is 3. The molecule has 5 nitrogen and oxygen atoms in total. The summed E-state index contributed by atoms with van der Waals surface area (Å²) in [6.07, 6.45) is 7.76. The van der Waals surface area contributed by atoms with E-state index < -0.39 is 21.4 Å². The maximum atomic E-state index is 12.4. The summed E-state index contributed by atoms with van der Waals surface area (Å²) in [4.78, 5) is 7.81. The third kappa shape index (κ3) is 6.06. The number of unbranched alkanes of at least 4 members (excludes halogenated alkanes) is 3. The zero-order valence-electron chi connectivity index (χ0n) is 17.5. The van der Waals surface area contributed by atoms with Crippen LogP contribution in [0.15, 0.2) is 60.9 Å². The van der Waals surface area contributed by atoms with Gasteiger partial charge in [0.25, 0.3) is 0 Å². The average molecular weight is 465 g/mol. The lowest BCUT2D eigenvalue weighted by Gasteiger charge is -2.09. The first-order valence-electron chi connectivity index (χ1n) is 10.2. The molecule has 0 aliphatic heterocycles. The molecule has 1 aromatic heterocycles. The molecule has 0 bridgehead atoms. The van der Waals surface area contributed by atoms with Crippen LogP contribution in [0.1, 0.15) is 38.2 Å². The topological polar surface area (TPSA) is 69.2 Å². The summed E-state index contributed by atoms with van der Waals surface area (Å²) in [7, 11) is -5.76. The maximum Gasteiger partial charge on any atom is 0.534 e. The first kappa shape index (κ1) is 23.7. The highest BCUT2D eigenvalue weighted by molar-refractivity contribution is 7.88. The Balaban J connectivity index is 1.65. The van der Waals surface area contributed by atoms with Crippen molar-refractivity contribution in [1.29, 1.82) is 0 Å². The lowest BCUT2D eigenvalue weighted by molar-refractivity contribution is -0.0500. The molecule has 0 atom stereocenters. The van der Waals surface area contributed by atoms with Crippen LogP contribution in [-0.4, -0.2) is 23.9 Å². The smallest absolute Gasteiger partial charge is 0.373 e. The highest BCUT2D eigenvalue weighted by Crippen LogP contribution is 2.27. The summed E-state index contributed by atoms with van der Waals surface area (Å²) in [6.45, 7) is 2.20. The van der Waals surface area contributed by atoms with Gasteiger partial charge in [-0.15, -0.1) is 0 Å². The van der Waals surface area contributed by atoms with E-state index in [0.29, 0.717) is 5.56 Å². The van der Waals surface area contributed by atoms with Gasteiger partial charge >= 0.3 is 15.6 Å². The van der Waals surface area contributed by atoms with E-state index >= 15 is 0 Å². The quantitative estimate of drug-likeness (QED) is 0.215. The van der Waals surface area contributed by atoms with Gasteiger partial charge in [0.05, 0.1) is 12.4 Å². The van der Waals surface area contributed by atoms with E-state index in [1.807, 2.05) is 12.1 Å². The molecule has 0 saturated carbocycles. The minimum absolute atomic E-state index is 0.232. The van der Waals surface area contributed by atoms with Crippen LogP contribution >= 0.6 is 0 Å². The van der Waals surface area contributed by atoms with Crippen LogP contribution in [0.5, 0.6) is 5.75 Å². The van der Waals surface area contributed by atoms with E-state index in [4.69, 9.17) is 0 Å². The highest BCUT2D eigenvalue weighted by atomic mass is 32.2. The van der Waals surface area contributed by atoms with Crippen molar-refractivity contribution in [3.63, 3.8) is 0 Å². The third-order valence-electron chi connectivity index (χ3n) is 4.87. The van der Waals surface area contributed by atoms with Crippen molar-refractivity contribution in [1.82, 2.24) is 9.97 Å². The number of hydrogen-bond acceptors (Lipinski definition) is 5. The lowest BCUT2D eigenvalue weighted by Crippen LogP contribution is -2.28.